The van der Waals surface area contributed by atoms with E-state index in [0.29, 0.717) is 0 Å². The number of piperidine rings is 1. The van der Waals surface area contributed by atoms with Gasteiger partial charge in [0, 0.05) is 23.1 Å². The summed E-state index contributed by atoms with van der Waals surface area (Å²) in [6.45, 7) is 4.54. The van der Waals surface area contributed by atoms with Gasteiger partial charge in [0.05, 0.1) is 16.1 Å². The Morgan fingerprint density at radius 2 is 1.81 bits per heavy atom. The molecule has 0 bridgehead atoms. The highest BCUT2D eigenvalue weighted by atomic mass is 16.6. The molecule has 0 unspecified atom stereocenters. The number of nitro benzene ring substituents is 1. The highest BCUT2D eigenvalue weighted by Gasteiger charge is 2.08. The Balaban J connectivity index is 0.000000278. The third kappa shape index (κ3) is 4.64. The van der Waals surface area contributed by atoms with Crippen LogP contribution in [0.1, 0.15) is 24.8 Å². The zero-order valence-corrected chi connectivity index (χ0v) is 14.9. The molecule has 2 heterocycles. The summed E-state index contributed by atoms with van der Waals surface area (Å²) in [6.07, 6.45) is 4.22. The predicted octanol–water partition coefficient (Wildman–Crippen LogP) is 4.88. The summed E-state index contributed by atoms with van der Waals surface area (Å²) in [4.78, 5) is 15.0. The maximum Gasteiger partial charge on any atom is 0.270 e. The zero-order chi connectivity index (χ0) is 18.4. The van der Waals surface area contributed by atoms with Crippen LogP contribution in [0.25, 0.3) is 22.2 Å². The number of benzene rings is 2. The first-order valence-corrected chi connectivity index (χ1v) is 8.96. The number of fused-ring (bicyclic) bond motifs is 1. The average molecular weight is 349 g/mol. The van der Waals surface area contributed by atoms with E-state index in [9.17, 15) is 10.1 Å². The molecule has 26 heavy (non-hydrogen) atoms. The Kier molecular flexibility index (Phi) is 5.92. The minimum absolute atomic E-state index is 0.0771. The van der Waals surface area contributed by atoms with E-state index in [1.807, 2.05) is 37.3 Å². The number of nitrogens with zero attached hydrogens (tertiary/aromatic N) is 2. The van der Waals surface area contributed by atoms with Crippen molar-refractivity contribution in [1.82, 2.24) is 10.3 Å². The fourth-order valence-corrected chi connectivity index (χ4v) is 2.99. The van der Waals surface area contributed by atoms with Gasteiger partial charge in [0.1, 0.15) is 0 Å². The van der Waals surface area contributed by atoms with E-state index in [1.54, 1.807) is 12.1 Å². The second kappa shape index (κ2) is 8.54. The molecule has 0 radical (unpaired) electrons. The molecule has 5 nitrogen and oxygen atoms in total. The number of nitrogens with one attached hydrogen (secondary N) is 1. The van der Waals surface area contributed by atoms with E-state index in [2.05, 4.69) is 16.4 Å². The number of aryl methyl sites for hydroxylation is 1. The molecule has 0 saturated carbocycles. The van der Waals surface area contributed by atoms with Gasteiger partial charge < -0.3 is 5.32 Å². The van der Waals surface area contributed by atoms with Crippen LogP contribution in [-0.2, 0) is 0 Å². The van der Waals surface area contributed by atoms with Crippen LogP contribution in [0.3, 0.4) is 0 Å². The van der Waals surface area contributed by atoms with Crippen molar-refractivity contribution in [2.45, 2.75) is 26.2 Å². The molecule has 0 atom stereocenters. The Labute approximate surface area is 153 Å². The predicted molar refractivity (Wildman–Crippen MR) is 105 cm³/mol. The van der Waals surface area contributed by atoms with Gasteiger partial charge >= 0.3 is 0 Å². The topological polar surface area (TPSA) is 68.1 Å². The van der Waals surface area contributed by atoms with Crippen molar-refractivity contribution < 1.29 is 4.92 Å². The lowest BCUT2D eigenvalue weighted by Crippen LogP contribution is -2.21. The lowest BCUT2D eigenvalue weighted by molar-refractivity contribution is -0.384. The summed E-state index contributed by atoms with van der Waals surface area (Å²) >= 11 is 0. The summed E-state index contributed by atoms with van der Waals surface area (Å²) in [5.74, 6) is 0. The molecule has 1 aromatic heterocycles. The van der Waals surface area contributed by atoms with Gasteiger partial charge in [-0.25, -0.2) is 4.98 Å². The van der Waals surface area contributed by atoms with E-state index in [0.717, 1.165) is 22.2 Å². The highest BCUT2D eigenvalue weighted by molar-refractivity contribution is 5.82. The molecule has 0 aliphatic carbocycles. The van der Waals surface area contributed by atoms with Crippen LogP contribution in [-0.4, -0.2) is 23.0 Å². The van der Waals surface area contributed by atoms with Gasteiger partial charge in [-0.1, -0.05) is 36.2 Å². The molecule has 1 aliphatic heterocycles. The number of hydrogen-bond acceptors (Lipinski definition) is 4. The minimum atomic E-state index is -0.395. The smallest absolute Gasteiger partial charge is 0.270 e. The van der Waals surface area contributed by atoms with Crippen LogP contribution < -0.4 is 5.32 Å². The number of non-ortho nitro benzene ring substituents is 1. The number of nitro groups is 1. The molecular formula is C21H23N3O2. The first-order valence-electron chi connectivity index (χ1n) is 8.96. The van der Waals surface area contributed by atoms with Crippen LogP contribution in [0.2, 0.25) is 0 Å². The fourth-order valence-electron chi connectivity index (χ4n) is 2.99. The molecule has 1 saturated heterocycles. The minimum Gasteiger partial charge on any atom is -0.317 e. The molecule has 3 aromatic rings. The third-order valence-corrected chi connectivity index (χ3v) is 4.40. The highest BCUT2D eigenvalue weighted by Crippen LogP contribution is 2.24. The van der Waals surface area contributed by atoms with Crippen LogP contribution >= 0.6 is 0 Å². The van der Waals surface area contributed by atoms with Crippen molar-refractivity contribution in [1.29, 1.82) is 0 Å². The van der Waals surface area contributed by atoms with Gasteiger partial charge in [0.2, 0.25) is 0 Å². The summed E-state index contributed by atoms with van der Waals surface area (Å²) in [7, 11) is 0. The van der Waals surface area contributed by atoms with Gasteiger partial charge in [-0.2, -0.15) is 0 Å². The van der Waals surface area contributed by atoms with Crippen LogP contribution in [0.4, 0.5) is 5.69 Å². The summed E-state index contributed by atoms with van der Waals surface area (Å²) in [5, 5.41) is 15.2. The van der Waals surface area contributed by atoms with E-state index < -0.39 is 4.92 Å². The van der Waals surface area contributed by atoms with Gasteiger partial charge in [-0.05, 0) is 51.1 Å². The molecule has 0 amide bonds. The van der Waals surface area contributed by atoms with Crippen molar-refractivity contribution in [2.24, 2.45) is 0 Å². The second-order valence-electron chi connectivity index (χ2n) is 6.51. The molecule has 134 valence electrons. The Bertz CT molecular complexity index is 893. The normalized spacial score (nSPS) is 13.7. The molecule has 1 aliphatic rings. The van der Waals surface area contributed by atoms with Crippen molar-refractivity contribution in [3.05, 3.63) is 70.3 Å². The third-order valence-electron chi connectivity index (χ3n) is 4.40. The second-order valence-corrected chi connectivity index (χ2v) is 6.51. The SMILES string of the molecule is C1CCNCC1.Cc1ccc2nc(-c3cccc([N+](=O)[O-])c3)ccc2c1. The van der Waals surface area contributed by atoms with Crippen molar-refractivity contribution >= 4 is 16.6 Å². The largest absolute Gasteiger partial charge is 0.317 e. The first-order chi connectivity index (χ1) is 12.6. The molecule has 2 aromatic carbocycles. The van der Waals surface area contributed by atoms with Gasteiger partial charge in [-0.3, -0.25) is 10.1 Å². The monoisotopic (exact) mass is 349 g/mol. The lowest BCUT2D eigenvalue weighted by atomic mass is 10.1. The number of pyridine rings is 1. The molecule has 1 fully saturated rings. The summed E-state index contributed by atoms with van der Waals surface area (Å²) < 4.78 is 0. The van der Waals surface area contributed by atoms with Crippen LogP contribution in [0.15, 0.2) is 54.6 Å². The van der Waals surface area contributed by atoms with Crippen LogP contribution in [0, 0.1) is 17.0 Å². The van der Waals surface area contributed by atoms with Gasteiger partial charge in [-0.15, -0.1) is 0 Å². The van der Waals surface area contributed by atoms with Gasteiger partial charge in [0.15, 0.2) is 0 Å². The Morgan fingerprint density at radius 3 is 2.46 bits per heavy atom. The average Bonchev–Trinajstić information content (AvgIpc) is 2.69. The molecule has 1 N–H and O–H groups in total. The standard InChI is InChI=1S/C16H12N2O2.C5H11N/c1-11-5-7-15-13(9-11)6-8-16(17-15)12-3-2-4-14(10-12)18(19)20;1-2-4-6-5-3-1/h2-10H,1H3;6H,1-5H2. The van der Waals surface area contributed by atoms with E-state index in [-0.39, 0.29) is 5.69 Å². The molecular weight excluding hydrogens is 326 g/mol. The molecule has 5 heteroatoms. The van der Waals surface area contributed by atoms with E-state index in [1.165, 1.54) is 44.0 Å². The summed E-state index contributed by atoms with van der Waals surface area (Å²) in [6, 6.07) is 16.4. The van der Waals surface area contributed by atoms with Crippen molar-refractivity contribution in [3.8, 4) is 11.3 Å². The van der Waals surface area contributed by atoms with Crippen molar-refractivity contribution in [2.75, 3.05) is 13.1 Å². The Hall–Kier alpha value is -2.79. The quantitative estimate of drug-likeness (QED) is 0.529. The maximum absolute atomic E-state index is 10.8. The fraction of sp³-hybridized carbons (Fsp3) is 0.286. The first kappa shape index (κ1) is 18.0. The summed E-state index contributed by atoms with van der Waals surface area (Å²) in [5.41, 5.74) is 3.64. The van der Waals surface area contributed by atoms with Crippen molar-refractivity contribution in [3.63, 3.8) is 0 Å². The maximum atomic E-state index is 10.8. The van der Waals surface area contributed by atoms with E-state index >= 15 is 0 Å². The van der Waals surface area contributed by atoms with E-state index in [4.69, 9.17) is 0 Å². The molecule has 0 spiro atoms. The number of aromatic nitrogens is 1. The van der Waals surface area contributed by atoms with Gasteiger partial charge in [0.25, 0.3) is 5.69 Å². The molecule has 4 rings (SSSR count). The number of hydrogen-bond donors (Lipinski definition) is 1. The Morgan fingerprint density at radius 1 is 1.00 bits per heavy atom. The lowest BCUT2D eigenvalue weighted by Gasteiger charge is -2.08. The van der Waals surface area contributed by atoms with Crippen LogP contribution in [0.5, 0.6) is 0 Å². The zero-order valence-electron chi connectivity index (χ0n) is 14.9. The number of rotatable bonds is 2.